The number of thiocarbonyl (C=S) groups is 1. The summed E-state index contributed by atoms with van der Waals surface area (Å²) in [5.74, 6) is 1.68. The van der Waals surface area contributed by atoms with E-state index in [0.717, 1.165) is 29.0 Å². The number of nitrogens with zero attached hydrogens (tertiary/aromatic N) is 1. The van der Waals surface area contributed by atoms with Gasteiger partial charge in [-0.1, -0.05) is 42.2 Å². The normalized spacial score (nSPS) is 20.1. The second kappa shape index (κ2) is 7.37. The molecule has 0 spiro atoms. The van der Waals surface area contributed by atoms with Gasteiger partial charge >= 0.3 is 0 Å². The van der Waals surface area contributed by atoms with Crippen LogP contribution < -0.4 is 9.47 Å². The van der Waals surface area contributed by atoms with Crippen molar-refractivity contribution in [3.05, 3.63) is 64.1 Å². The van der Waals surface area contributed by atoms with Crippen LogP contribution >= 0.6 is 24.0 Å². The van der Waals surface area contributed by atoms with E-state index in [0.29, 0.717) is 15.8 Å². The van der Waals surface area contributed by atoms with Crippen molar-refractivity contribution in [2.24, 2.45) is 0 Å². The minimum absolute atomic E-state index is 0.0501. The van der Waals surface area contributed by atoms with E-state index in [4.69, 9.17) is 21.7 Å². The molecule has 0 radical (unpaired) electrons. The molecule has 2 aliphatic heterocycles. The van der Waals surface area contributed by atoms with E-state index in [-0.39, 0.29) is 12.0 Å². The number of ether oxygens (including phenoxy) is 2. The Bertz CT molecular complexity index is 937. The van der Waals surface area contributed by atoms with E-state index in [1.54, 1.807) is 12.0 Å². The van der Waals surface area contributed by atoms with E-state index in [9.17, 15) is 4.79 Å². The smallest absolute Gasteiger partial charge is 0.266 e. The van der Waals surface area contributed by atoms with Gasteiger partial charge in [0.25, 0.3) is 5.91 Å². The van der Waals surface area contributed by atoms with Crippen molar-refractivity contribution >= 4 is 40.3 Å². The standard InChI is InChI=1S/C21H19NO3S2/c1-13-9-16-10-15(5-8-18(16)25-13)11-19-20(23)22(21(26)27-19)12-14-3-6-17(24-2)7-4-14/h3-8,10-11,13H,9,12H2,1-2H3/b19-11+/t13-/m0/s1. The fourth-order valence-electron chi connectivity index (χ4n) is 3.23. The zero-order chi connectivity index (χ0) is 19.0. The Morgan fingerprint density at radius 2 is 2.07 bits per heavy atom. The zero-order valence-corrected chi connectivity index (χ0v) is 16.7. The number of hydrogen-bond acceptors (Lipinski definition) is 5. The number of carbonyl (C=O) groups is 1. The van der Waals surface area contributed by atoms with Crippen molar-refractivity contribution in [1.29, 1.82) is 0 Å². The molecular formula is C21H19NO3S2. The van der Waals surface area contributed by atoms with Crippen LogP contribution in [0.4, 0.5) is 0 Å². The molecule has 0 bridgehead atoms. The van der Waals surface area contributed by atoms with Crippen LogP contribution in [0.5, 0.6) is 11.5 Å². The van der Waals surface area contributed by atoms with Gasteiger partial charge in [0.05, 0.1) is 18.6 Å². The maximum Gasteiger partial charge on any atom is 0.266 e. The lowest BCUT2D eigenvalue weighted by atomic mass is 10.1. The molecule has 138 valence electrons. The zero-order valence-electron chi connectivity index (χ0n) is 15.1. The van der Waals surface area contributed by atoms with Gasteiger partial charge in [0.1, 0.15) is 21.9 Å². The molecule has 2 aliphatic rings. The number of rotatable bonds is 4. The molecule has 4 nitrogen and oxygen atoms in total. The number of fused-ring (bicyclic) bond motifs is 1. The third-order valence-electron chi connectivity index (χ3n) is 4.59. The highest BCUT2D eigenvalue weighted by Gasteiger charge is 2.32. The van der Waals surface area contributed by atoms with Gasteiger partial charge in [-0.05, 0) is 54.0 Å². The maximum absolute atomic E-state index is 12.8. The summed E-state index contributed by atoms with van der Waals surface area (Å²) in [7, 11) is 1.63. The van der Waals surface area contributed by atoms with Crippen LogP contribution in [0.2, 0.25) is 0 Å². The first-order valence-electron chi connectivity index (χ1n) is 8.71. The van der Waals surface area contributed by atoms with E-state index in [1.807, 2.05) is 42.5 Å². The van der Waals surface area contributed by atoms with Crippen LogP contribution in [0.1, 0.15) is 23.6 Å². The molecule has 0 unspecified atom stereocenters. The topological polar surface area (TPSA) is 38.8 Å². The summed E-state index contributed by atoms with van der Waals surface area (Å²) in [4.78, 5) is 15.1. The highest BCUT2D eigenvalue weighted by Crippen LogP contribution is 2.35. The summed E-state index contributed by atoms with van der Waals surface area (Å²) in [5, 5.41) is 0. The molecule has 27 heavy (non-hydrogen) atoms. The van der Waals surface area contributed by atoms with E-state index < -0.39 is 0 Å². The van der Waals surface area contributed by atoms with Gasteiger partial charge < -0.3 is 9.47 Å². The van der Waals surface area contributed by atoms with E-state index >= 15 is 0 Å². The summed E-state index contributed by atoms with van der Waals surface area (Å²) in [6.07, 6.45) is 3.02. The summed E-state index contributed by atoms with van der Waals surface area (Å²) in [5.41, 5.74) is 3.19. The molecule has 4 rings (SSSR count). The Balaban J connectivity index is 1.52. The summed E-state index contributed by atoms with van der Waals surface area (Å²) in [6.45, 7) is 2.52. The minimum Gasteiger partial charge on any atom is -0.497 e. The summed E-state index contributed by atoms with van der Waals surface area (Å²) < 4.78 is 11.5. The van der Waals surface area contributed by atoms with Crippen LogP contribution in [0.25, 0.3) is 6.08 Å². The Hall–Kier alpha value is -2.31. The van der Waals surface area contributed by atoms with Crippen LogP contribution in [0.15, 0.2) is 47.4 Å². The Morgan fingerprint density at radius 1 is 1.30 bits per heavy atom. The molecule has 0 saturated carbocycles. The SMILES string of the molecule is COc1ccc(CN2C(=O)/C(=C\c3ccc4c(c3)C[C@H](C)O4)SC2=S)cc1. The minimum atomic E-state index is -0.0501. The van der Waals surface area contributed by atoms with Crippen molar-refractivity contribution in [2.75, 3.05) is 7.11 Å². The Kier molecular flexibility index (Phi) is 4.93. The molecular weight excluding hydrogens is 378 g/mol. The molecule has 0 N–H and O–H groups in total. The van der Waals surface area contributed by atoms with Gasteiger partial charge in [0.15, 0.2) is 0 Å². The fourth-order valence-corrected chi connectivity index (χ4v) is 4.49. The molecule has 1 fully saturated rings. The third-order valence-corrected chi connectivity index (χ3v) is 5.97. The third kappa shape index (κ3) is 3.73. The lowest BCUT2D eigenvalue weighted by molar-refractivity contribution is -0.122. The molecule has 2 aromatic carbocycles. The van der Waals surface area contributed by atoms with Gasteiger partial charge in [0.2, 0.25) is 0 Å². The van der Waals surface area contributed by atoms with Crippen LogP contribution in [-0.4, -0.2) is 28.3 Å². The number of carbonyl (C=O) groups excluding carboxylic acids is 1. The number of thioether (sulfide) groups is 1. The molecule has 1 saturated heterocycles. The predicted molar refractivity (Wildman–Crippen MR) is 112 cm³/mol. The number of amides is 1. The average Bonchev–Trinajstić information content (AvgIpc) is 3.15. The molecule has 2 heterocycles. The molecule has 0 aromatic heterocycles. The fraction of sp³-hybridized carbons (Fsp3) is 0.238. The molecule has 6 heteroatoms. The Labute approximate surface area is 168 Å². The molecule has 2 aromatic rings. The van der Waals surface area contributed by atoms with Crippen molar-refractivity contribution in [2.45, 2.75) is 26.0 Å². The van der Waals surface area contributed by atoms with Gasteiger partial charge in [-0.25, -0.2) is 0 Å². The lowest BCUT2D eigenvalue weighted by Gasteiger charge is -2.14. The molecule has 1 amide bonds. The second-order valence-electron chi connectivity index (χ2n) is 6.62. The van der Waals surface area contributed by atoms with E-state index in [2.05, 4.69) is 13.0 Å². The highest BCUT2D eigenvalue weighted by atomic mass is 32.2. The van der Waals surface area contributed by atoms with Crippen molar-refractivity contribution in [1.82, 2.24) is 4.90 Å². The summed E-state index contributed by atoms with van der Waals surface area (Å²) in [6, 6.07) is 13.7. The van der Waals surface area contributed by atoms with Crippen molar-refractivity contribution < 1.29 is 14.3 Å². The van der Waals surface area contributed by atoms with Gasteiger partial charge in [0, 0.05) is 6.42 Å². The number of benzene rings is 2. The van der Waals surface area contributed by atoms with Gasteiger partial charge in [-0.2, -0.15) is 0 Å². The Morgan fingerprint density at radius 3 is 2.81 bits per heavy atom. The number of hydrogen-bond donors (Lipinski definition) is 0. The van der Waals surface area contributed by atoms with Gasteiger partial charge in [-0.3, -0.25) is 9.69 Å². The molecule has 1 atom stereocenters. The average molecular weight is 398 g/mol. The van der Waals surface area contributed by atoms with Crippen molar-refractivity contribution in [3.8, 4) is 11.5 Å². The lowest BCUT2D eigenvalue weighted by Crippen LogP contribution is -2.27. The second-order valence-corrected chi connectivity index (χ2v) is 8.29. The van der Waals surface area contributed by atoms with Gasteiger partial charge in [-0.15, -0.1) is 0 Å². The summed E-state index contributed by atoms with van der Waals surface area (Å²) >= 11 is 6.79. The van der Waals surface area contributed by atoms with Crippen LogP contribution in [-0.2, 0) is 17.8 Å². The quantitative estimate of drug-likeness (QED) is 0.564. The molecule has 0 aliphatic carbocycles. The van der Waals surface area contributed by atoms with Crippen LogP contribution in [0, 0.1) is 0 Å². The number of methoxy groups -OCH3 is 1. The monoisotopic (exact) mass is 397 g/mol. The first-order valence-corrected chi connectivity index (χ1v) is 9.94. The maximum atomic E-state index is 12.8. The largest absolute Gasteiger partial charge is 0.497 e. The predicted octanol–water partition coefficient (Wildman–Crippen LogP) is 4.42. The first-order chi connectivity index (χ1) is 13.0. The highest BCUT2D eigenvalue weighted by molar-refractivity contribution is 8.26. The van der Waals surface area contributed by atoms with E-state index in [1.165, 1.54) is 17.3 Å². The first kappa shape index (κ1) is 18.1. The van der Waals surface area contributed by atoms with Crippen molar-refractivity contribution in [3.63, 3.8) is 0 Å². The van der Waals surface area contributed by atoms with Crippen LogP contribution in [0.3, 0.4) is 0 Å².